The third-order valence-electron chi connectivity index (χ3n) is 18.9. The lowest BCUT2D eigenvalue weighted by atomic mass is 9.70. The number of benzene rings is 8. The van der Waals surface area contributed by atoms with Gasteiger partial charge in [0.15, 0.2) is 23.1 Å². The molecule has 2 N–H and O–H groups in total. The zero-order valence-corrected chi connectivity index (χ0v) is 59.3. The lowest BCUT2D eigenvalue weighted by molar-refractivity contribution is 0.236. The van der Waals surface area contributed by atoms with Gasteiger partial charge in [-0.25, -0.2) is 17.6 Å². The van der Waals surface area contributed by atoms with Crippen LogP contribution in [0.2, 0.25) is 0 Å². The van der Waals surface area contributed by atoms with Crippen molar-refractivity contribution in [2.24, 2.45) is 10.8 Å². The SMILES string of the molecule is CC(C)(C)CC(C)(C)c1cc(-c2cc(F)cc(F)c2OCCCOc2c(F)cc(F)cc2-c2cc(C(C)(C)CC(C)(C)C)cc(-n3c4ccc(C(C)(C)C)cc4c4cc(C(C)(C)C)ccc43)c2O)c(O)c(C2c3ccc(C(C)(C)C)cc3-c3cc(C(C)(C)C)ccc32)c1. The van der Waals surface area contributed by atoms with Gasteiger partial charge in [-0.05, 0) is 166 Å². The van der Waals surface area contributed by atoms with E-state index in [0.717, 1.165) is 91.3 Å². The van der Waals surface area contributed by atoms with Gasteiger partial charge in [0.2, 0.25) is 0 Å². The monoisotopic (exact) mass is 1260 g/mol. The highest BCUT2D eigenvalue weighted by atomic mass is 19.1. The Labute approximate surface area is 551 Å². The molecule has 0 aliphatic heterocycles. The van der Waals surface area contributed by atoms with Crippen molar-refractivity contribution in [3.63, 3.8) is 0 Å². The average Bonchev–Trinajstić information content (AvgIpc) is 1.62. The maximum Gasteiger partial charge on any atom is 0.168 e. The van der Waals surface area contributed by atoms with Gasteiger partial charge in [-0.1, -0.05) is 207 Å². The van der Waals surface area contributed by atoms with E-state index in [4.69, 9.17) is 9.47 Å². The van der Waals surface area contributed by atoms with E-state index >= 15 is 17.6 Å². The van der Waals surface area contributed by atoms with Crippen LogP contribution in [0.1, 0.15) is 228 Å². The summed E-state index contributed by atoms with van der Waals surface area (Å²) in [6.45, 7) is 47.7. The van der Waals surface area contributed by atoms with Gasteiger partial charge in [-0.3, -0.25) is 0 Å². The number of nitrogens with zero attached hydrogens (tertiary/aromatic N) is 1. The second-order valence-electron chi connectivity index (χ2n) is 34.5. The van der Waals surface area contributed by atoms with Crippen molar-refractivity contribution >= 4 is 21.8 Å². The number of phenolic OH excluding ortho intramolecular Hbond substituents is 2. The van der Waals surface area contributed by atoms with Crippen LogP contribution in [-0.4, -0.2) is 28.0 Å². The van der Waals surface area contributed by atoms with Gasteiger partial charge in [-0.2, -0.15) is 0 Å². The molecule has 492 valence electrons. The Bertz CT molecular complexity index is 4250. The number of halogens is 4. The van der Waals surface area contributed by atoms with Gasteiger partial charge in [0, 0.05) is 63.1 Å². The summed E-state index contributed by atoms with van der Waals surface area (Å²) in [5.74, 6) is -4.94. The molecule has 0 radical (unpaired) electrons. The smallest absolute Gasteiger partial charge is 0.168 e. The Morgan fingerprint density at radius 2 is 0.720 bits per heavy atom. The summed E-state index contributed by atoms with van der Waals surface area (Å²) in [7, 11) is 0. The van der Waals surface area contributed by atoms with Crippen LogP contribution in [0, 0.1) is 34.1 Å². The maximum absolute atomic E-state index is 16.7. The maximum atomic E-state index is 16.7. The molecule has 5 nitrogen and oxygen atoms in total. The molecule has 0 bridgehead atoms. The zero-order valence-electron chi connectivity index (χ0n) is 59.3. The van der Waals surface area contributed by atoms with Gasteiger partial charge in [0.25, 0.3) is 0 Å². The number of phenols is 2. The first-order valence-electron chi connectivity index (χ1n) is 33.2. The molecule has 1 heterocycles. The van der Waals surface area contributed by atoms with E-state index in [1.807, 2.05) is 18.2 Å². The fraction of sp³-hybridized carbons (Fsp3) is 0.429. The van der Waals surface area contributed by atoms with Crippen LogP contribution >= 0.6 is 0 Å². The number of fused-ring (bicyclic) bond motifs is 6. The normalized spacial score (nSPS) is 13.7. The van der Waals surface area contributed by atoms with Crippen LogP contribution < -0.4 is 9.47 Å². The highest BCUT2D eigenvalue weighted by Crippen LogP contribution is 2.56. The van der Waals surface area contributed by atoms with Crippen LogP contribution in [0.3, 0.4) is 0 Å². The van der Waals surface area contributed by atoms with Crippen LogP contribution in [-0.2, 0) is 32.5 Å². The van der Waals surface area contributed by atoms with E-state index in [9.17, 15) is 10.2 Å². The number of aromatic hydroxyl groups is 2. The molecule has 8 aromatic carbocycles. The minimum absolute atomic E-state index is 0.00980. The molecule has 0 saturated carbocycles. The van der Waals surface area contributed by atoms with E-state index in [1.54, 1.807) is 0 Å². The molecule has 0 amide bonds. The summed E-state index contributed by atoms with van der Waals surface area (Å²) in [5.41, 5.74) is 12.0. The van der Waals surface area contributed by atoms with Crippen molar-refractivity contribution in [1.29, 1.82) is 0 Å². The number of hydrogen-bond donors (Lipinski definition) is 2. The number of ether oxygens (including phenoxy) is 2. The van der Waals surface area contributed by atoms with Gasteiger partial charge >= 0.3 is 0 Å². The standard InChI is InChI=1S/C84H99F4NO4/c1-77(2,3)46-83(19,20)52-38-62(73(90)66(40-52)72-56-28-24-48(79(7,8)9)34-58(56)59-35-49(80(10,11)12)25-29-57(59)72)64-42-54(85)44-67(87)75(64)92-32-23-33-93-76-65(43-55(86)45-68(76)88)63-39-53(84(21,22)47-78(4,5)6)41-71(74(63)91)89-69-30-26-50(81(13,14)15)36-60(69)61-37-51(82(16,17)18)27-31-70(61)89/h24-31,34-45,72,90-91H,23,32-33,46-47H2,1-22H3. The Hall–Kier alpha value is -7.52. The molecule has 93 heavy (non-hydrogen) atoms. The molecule has 10 rings (SSSR count). The molecule has 0 spiro atoms. The number of hydrogen-bond acceptors (Lipinski definition) is 4. The largest absolute Gasteiger partial charge is 0.507 e. The third kappa shape index (κ3) is 13.7. The van der Waals surface area contributed by atoms with E-state index in [0.29, 0.717) is 11.3 Å². The van der Waals surface area contributed by atoms with Gasteiger partial charge < -0.3 is 24.3 Å². The summed E-state index contributed by atoms with van der Waals surface area (Å²) >= 11 is 0. The fourth-order valence-electron chi connectivity index (χ4n) is 14.7. The first-order chi connectivity index (χ1) is 42.8. The van der Waals surface area contributed by atoms with Crippen molar-refractivity contribution < 1.29 is 37.2 Å². The van der Waals surface area contributed by atoms with Crippen LogP contribution in [0.5, 0.6) is 23.0 Å². The Kier molecular flexibility index (Phi) is 17.4. The molecular formula is C84H99F4NO4. The topological polar surface area (TPSA) is 63.9 Å². The molecular weight excluding hydrogens is 1160 g/mol. The number of rotatable bonds is 14. The van der Waals surface area contributed by atoms with Crippen molar-refractivity contribution in [2.75, 3.05) is 13.2 Å². The minimum atomic E-state index is -0.975. The number of aromatic nitrogens is 1. The minimum Gasteiger partial charge on any atom is -0.507 e. The Morgan fingerprint density at radius 1 is 0.366 bits per heavy atom. The third-order valence-corrected chi connectivity index (χ3v) is 18.9. The van der Waals surface area contributed by atoms with Gasteiger partial charge in [-0.15, -0.1) is 0 Å². The van der Waals surface area contributed by atoms with Crippen molar-refractivity contribution in [3.8, 4) is 62.1 Å². The van der Waals surface area contributed by atoms with E-state index in [-0.39, 0.29) is 97.4 Å². The van der Waals surface area contributed by atoms with Crippen LogP contribution in [0.25, 0.3) is 60.9 Å². The predicted molar refractivity (Wildman–Crippen MR) is 379 cm³/mol. The molecule has 1 aliphatic carbocycles. The van der Waals surface area contributed by atoms with Crippen LogP contribution in [0.15, 0.2) is 121 Å². The molecule has 0 saturated heterocycles. The lowest BCUT2D eigenvalue weighted by Crippen LogP contribution is -2.25. The lowest BCUT2D eigenvalue weighted by Gasteiger charge is -2.34. The summed E-state index contributed by atoms with van der Waals surface area (Å²) in [6, 6.07) is 37.9. The molecule has 1 aromatic heterocycles. The highest BCUT2D eigenvalue weighted by molar-refractivity contribution is 6.10. The molecule has 9 aromatic rings. The highest BCUT2D eigenvalue weighted by Gasteiger charge is 2.38. The molecule has 0 fully saturated rings. The second kappa shape index (κ2) is 23.7. The molecule has 0 atom stereocenters. The van der Waals surface area contributed by atoms with Crippen molar-refractivity contribution in [3.05, 3.63) is 195 Å². The fourth-order valence-corrected chi connectivity index (χ4v) is 14.7. The Balaban J connectivity index is 1.05. The average molecular weight is 1260 g/mol. The first-order valence-corrected chi connectivity index (χ1v) is 33.2. The van der Waals surface area contributed by atoms with E-state index in [1.165, 1.54) is 23.3 Å². The Morgan fingerprint density at radius 3 is 1.11 bits per heavy atom. The molecule has 1 aliphatic rings. The summed E-state index contributed by atoms with van der Waals surface area (Å²) in [4.78, 5) is 0. The quantitative estimate of drug-likeness (QED) is 0.0841. The summed E-state index contributed by atoms with van der Waals surface area (Å²) in [5, 5.41) is 28.0. The van der Waals surface area contributed by atoms with Crippen LogP contribution in [0.4, 0.5) is 17.6 Å². The van der Waals surface area contributed by atoms with Crippen molar-refractivity contribution in [1.82, 2.24) is 4.57 Å². The van der Waals surface area contributed by atoms with E-state index in [2.05, 4.69) is 236 Å². The predicted octanol–water partition coefficient (Wildman–Crippen LogP) is 23.7. The first kappa shape index (κ1) is 68.3. The van der Waals surface area contributed by atoms with Gasteiger partial charge in [0.05, 0.1) is 29.9 Å². The van der Waals surface area contributed by atoms with Crippen molar-refractivity contribution in [2.45, 2.75) is 210 Å². The van der Waals surface area contributed by atoms with E-state index < -0.39 is 40.0 Å². The van der Waals surface area contributed by atoms with Gasteiger partial charge in [0.1, 0.15) is 23.1 Å². The summed E-state index contributed by atoms with van der Waals surface area (Å²) < 4.78 is 80.2. The zero-order chi connectivity index (χ0) is 68.4. The molecule has 0 unspecified atom stereocenters. The molecule has 9 heteroatoms. The summed E-state index contributed by atoms with van der Waals surface area (Å²) in [6.07, 6.45) is 1.55. The second-order valence-corrected chi connectivity index (χ2v) is 34.5.